The van der Waals surface area contributed by atoms with E-state index in [-0.39, 0.29) is 5.96 Å². The lowest BCUT2D eigenvalue weighted by molar-refractivity contribution is -0.137. The fraction of sp³-hybridized carbons (Fsp3) is 0.889. The van der Waals surface area contributed by atoms with E-state index in [4.69, 9.17) is 16.2 Å². The fourth-order valence-corrected chi connectivity index (χ4v) is 2.69. The van der Waals surface area contributed by atoms with Gasteiger partial charge in [-0.2, -0.15) is 0 Å². The normalized spacial score (nSPS) is 10.7. The minimum absolute atomic E-state index is 0.159. The molecule has 0 saturated heterocycles. The van der Waals surface area contributed by atoms with Crippen molar-refractivity contribution in [1.82, 2.24) is 4.90 Å². The van der Waals surface area contributed by atoms with Crippen molar-refractivity contribution in [2.75, 3.05) is 13.6 Å². The number of unbranched alkanes of at least 4 members (excludes halogenated alkanes) is 12. The molecule has 0 atom stereocenters. The van der Waals surface area contributed by atoms with Crippen LogP contribution in [-0.4, -0.2) is 35.5 Å². The Hall–Kier alpha value is -1.26. The summed E-state index contributed by atoms with van der Waals surface area (Å²) in [4.78, 5) is 12.2. The summed E-state index contributed by atoms with van der Waals surface area (Å²) in [6.45, 7) is 0.891. The van der Waals surface area contributed by atoms with E-state index in [0.29, 0.717) is 6.42 Å². The molecule has 23 heavy (non-hydrogen) atoms. The van der Waals surface area contributed by atoms with Crippen LogP contribution in [0.4, 0.5) is 0 Å². The van der Waals surface area contributed by atoms with Crippen LogP contribution in [0.3, 0.4) is 0 Å². The largest absolute Gasteiger partial charge is 0.481 e. The molecular weight excluding hydrogens is 290 g/mol. The van der Waals surface area contributed by atoms with E-state index in [1.807, 2.05) is 7.05 Å². The predicted molar refractivity (Wildman–Crippen MR) is 96.8 cm³/mol. The highest BCUT2D eigenvalue weighted by Crippen LogP contribution is 2.13. The molecule has 0 aromatic carbocycles. The Kier molecular flexibility index (Phi) is 14.8. The van der Waals surface area contributed by atoms with Crippen LogP contribution in [-0.2, 0) is 4.79 Å². The van der Waals surface area contributed by atoms with Crippen LogP contribution in [0.15, 0.2) is 0 Å². The molecule has 4 N–H and O–H groups in total. The summed E-state index contributed by atoms with van der Waals surface area (Å²) in [5.41, 5.74) is 5.39. The van der Waals surface area contributed by atoms with Crippen LogP contribution in [0.1, 0.15) is 89.9 Å². The molecular formula is C18H37N3O2. The van der Waals surface area contributed by atoms with Crippen molar-refractivity contribution in [3.05, 3.63) is 0 Å². The molecule has 0 fully saturated rings. The third kappa shape index (κ3) is 16.9. The number of carboxylic acids is 1. The minimum Gasteiger partial charge on any atom is -0.481 e. The maximum absolute atomic E-state index is 10.4. The van der Waals surface area contributed by atoms with E-state index in [0.717, 1.165) is 25.8 Å². The molecule has 0 aliphatic carbocycles. The smallest absolute Gasteiger partial charge is 0.303 e. The highest BCUT2D eigenvalue weighted by molar-refractivity contribution is 5.74. The Bertz CT molecular complexity index is 309. The first-order valence-corrected chi connectivity index (χ1v) is 9.31. The van der Waals surface area contributed by atoms with Gasteiger partial charge in [0.15, 0.2) is 5.96 Å². The van der Waals surface area contributed by atoms with E-state index in [1.54, 1.807) is 4.90 Å². The van der Waals surface area contributed by atoms with Gasteiger partial charge in [-0.1, -0.05) is 70.6 Å². The summed E-state index contributed by atoms with van der Waals surface area (Å²) in [6, 6.07) is 0. The Morgan fingerprint density at radius 3 is 1.52 bits per heavy atom. The molecule has 0 unspecified atom stereocenters. The summed E-state index contributed by atoms with van der Waals surface area (Å²) < 4.78 is 0. The van der Waals surface area contributed by atoms with Crippen molar-refractivity contribution in [2.24, 2.45) is 5.73 Å². The predicted octanol–water partition coefficient (Wildman–Crippen LogP) is 4.36. The molecule has 0 aromatic heterocycles. The third-order valence-corrected chi connectivity index (χ3v) is 4.30. The third-order valence-electron chi connectivity index (χ3n) is 4.30. The molecule has 5 nitrogen and oxygen atoms in total. The number of nitrogens with two attached hydrogens (primary N) is 1. The van der Waals surface area contributed by atoms with E-state index >= 15 is 0 Å². The molecule has 0 heterocycles. The molecule has 0 saturated carbocycles. The van der Waals surface area contributed by atoms with Gasteiger partial charge in [-0.15, -0.1) is 0 Å². The lowest BCUT2D eigenvalue weighted by Crippen LogP contribution is -2.33. The summed E-state index contributed by atoms with van der Waals surface area (Å²) >= 11 is 0. The number of aliphatic carboxylic acids is 1. The van der Waals surface area contributed by atoms with Gasteiger partial charge in [0.25, 0.3) is 0 Å². The van der Waals surface area contributed by atoms with Crippen LogP contribution in [0.25, 0.3) is 0 Å². The molecule has 0 radical (unpaired) electrons. The van der Waals surface area contributed by atoms with Gasteiger partial charge in [-0.25, -0.2) is 0 Å². The number of hydrogen-bond acceptors (Lipinski definition) is 2. The van der Waals surface area contributed by atoms with Crippen LogP contribution >= 0.6 is 0 Å². The van der Waals surface area contributed by atoms with Crippen molar-refractivity contribution in [1.29, 1.82) is 5.41 Å². The molecule has 0 amide bonds. The number of carbonyl (C=O) groups is 1. The fourth-order valence-electron chi connectivity index (χ4n) is 2.69. The van der Waals surface area contributed by atoms with Gasteiger partial charge in [0.1, 0.15) is 0 Å². The first kappa shape index (κ1) is 21.7. The molecule has 0 aliphatic rings. The minimum atomic E-state index is -0.670. The maximum Gasteiger partial charge on any atom is 0.303 e. The first-order valence-electron chi connectivity index (χ1n) is 9.31. The Balaban J connectivity index is 3.08. The number of nitrogens with one attached hydrogen (secondary N) is 1. The van der Waals surface area contributed by atoms with Crippen molar-refractivity contribution in [3.63, 3.8) is 0 Å². The maximum atomic E-state index is 10.4. The van der Waals surface area contributed by atoms with E-state index in [9.17, 15) is 4.79 Å². The van der Waals surface area contributed by atoms with Crippen LogP contribution in [0.2, 0.25) is 0 Å². The number of carboxylic acid groups (broad SMARTS) is 1. The lowest BCUT2D eigenvalue weighted by Gasteiger charge is -2.15. The van der Waals surface area contributed by atoms with Crippen molar-refractivity contribution >= 4 is 11.9 Å². The Morgan fingerprint density at radius 1 is 0.826 bits per heavy atom. The number of guanidine groups is 1. The second-order valence-electron chi connectivity index (χ2n) is 6.55. The van der Waals surface area contributed by atoms with Gasteiger partial charge >= 0.3 is 5.97 Å². The zero-order chi connectivity index (χ0) is 17.3. The molecule has 136 valence electrons. The number of rotatable bonds is 16. The zero-order valence-electron chi connectivity index (χ0n) is 15.0. The first-order chi connectivity index (χ1) is 11.0. The van der Waals surface area contributed by atoms with Gasteiger partial charge in [0.05, 0.1) is 0 Å². The van der Waals surface area contributed by atoms with Gasteiger partial charge in [0, 0.05) is 20.0 Å². The van der Waals surface area contributed by atoms with Crippen molar-refractivity contribution < 1.29 is 9.90 Å². The van der Waals surface area contributed by atoms with Gasteiger partial charge in [-0.3, -0.25) is 10.2 Å². The topological polar surface area (TPSA) is 90.4 Å². The monoisotopic (exact) mass is 327 g/mol. The van der Waals surface area contributed by atoms with Crippen LogP contribution in [0.5, 0.6) is 0 Å². The van der Waals surface area contributed by atoms with Gasteiger partial charge < -0.3 is 15.7 Å². The van der Waals surface area contributed by atoms with E-state index < -0.39 is 5.97 Å². The summed E-state index contributed by atoms with van der Waals surface area (Å²) in [7, 11) is 1.87. The van der Waals surface area contributed by atoms with E-state index in [1.165, 1.54) is 64.2 Å². The zero-order valence-corrected chi connectivity index (χ0v) is 15.0. The van der Waals surface area contributed by atoms with Gasteiger partial charge in [-0.05, 0) is 12.8 Å². The SMILES string of the molecule is CN(CCCCCCCCCCCCCCCC(=O)O)C(=N)N. The second kappa shape index (κ2) is 15.6. The summed E-state index contributed by atoms with van der Waals surface area (Å²) in [6.07, 6.45) is 16.2. The number of hydrogen-bond donors (Lipinski definition) is 3. The number of nitrogens with zero attached hydrogens (tertiary/aromatic N) is 1. The van der Waals surface area contributed by atoms with Crippen molar-refractivity contribution in [3.8, 4) is 0 Å². The Labute approximate surface area is 142 Å². The highest BCUT2D eigenvalue weighted by atomic mass is 16.4. The summed E-state index contributed by atoms with van der Waals surface area (Å²) in [5.74, 6) is -0.511. The second-order valence-corrected chi connectivity index (χ2v) is 6.55. The standard InChI is InChI=1S/C18H37N3O2/c1-21(18(19)20)16-14-12-10-8-6-4-2-3-5-7-9-11-13-15-17(22)23/h2-16H2,1H3,(H3,19,20)(H,22,23). The quantitative estimate of drug-likeness (QED) is 0.223. The molecule has 0 aliphatic heterocycles. The molecule has 0 aromatic rings. The lowest BCUT2D eigenvalue weighted by atomic mass is 10.0. The molecule has 0 spiro atoms. The molecule has 0 bridgehead atoms. The Morgan fingerprint density at radius 2 is 1.17 bits per heavy atom. The molecule has 0 rings (SSSR count). The highest BCUT2D eigenvalue weighted by Gasteiger charge is 1.99. The average molecular weight is 328 g/mol. The summed E-state index contributed by atoms with van der Waals surface area (Å²) in [5, 5.41) is 15.8. The van der Waals surface area contributed by atoms with Crippen LogP contribution < -0.4 is 5.73 Å². The van der Waals surface area contributed by atoms with Crippen molar-refractivity contribution in [2.45, 2.75) is 89.9 Å². The van der Waals surface area contributed by atoms with Crippen LogP contribution in [0, 0.1) is 5.41 Å². The van der Waals surface area contributed by atoms with Gasteiger partial charge in [0.2, 0.25) is 0 Å². The average Bonchev–Trinajstić information content (AvgIpc) is 2.50. The van der Waals surface area contributed by atoms with E-state index in [2.05, 4.69) is 0 Å². The molecule has 5 heteroatoms.